The molecule has 0 spiro atoms. The summed E-state index contributed by atoms with van der Waals surface area (Å²) in [6.07, 6.45) is 1.13. The van der Waals surface area contributed by atoms with Crippen LogP contribution in [-0.2, 0) is 4.74 Å². The molecular formula is C15H23NO3. The predicted octanol–water partition coefficient (Wildman–Crippen LogP) is 2.93. The topological polar surface area (TPSA) is 39.7 Å². The average Bonchev–Trinajstić information content (AvgIpc) is 2.93. The maximum absolute atomic E-state index is 5.59. The van der Waals surface area contributed by atoms with E-state index in [-0.39, 0.29) is 0 Å². The summed E-state index contributed by atoms with van der Waals surface area (Å²) < 4.78 is 16.3. The Morgan fingerprint density at radius 3 is 2.89 bits per heavy atom. The summed E-state index contributed by atoms with van der Waals surface area (Å²) in [4.78, 5) is 0. The molecule has 4 heteroatoms. The van der Waals surface area contributed by atoms with Gasteiger partial charge in [0.15, 0.2) is 11.5 Å². The fraction of sp³-hybridized carbons (Fsp3) is 0.600. The molecule has 1 aromatic rings. The summed E-state index contributed by atoms with van der Waals surface area (Å²) in [6, 6.07) is 6.35. The van der Waals surface area contributed by atoms with Crippen LogP contribution in [-0.4, -0.2) is 33.0 Å². The molecule has 2 unspecified atom stereocenters. The number of benzene rings is 1. The van der Waals surface area contributed by atoms with Crippen molar-refractivity contribution in [3.05, 3.63) is 18.2 Å². The Morgan fingerprint density at radius 2 is 2.26 bits per heavy atom. The zero-order chi connectivity index (χ0) is 13.7. The summed E-state index contributed by atoms with van der Waals surface area (Å²) in [6.45, 7) is 6.53. The van der Waals surface area contributed by atoms with E-state index in [2.05, 4.69) is 12.2 Å². The molecule has 4 nitrogen and oxygen atoms in total. The molecule has 1 saturated heterocycles. The van der Waals surface area contributed by atoms with Crippen LogP contribution in [0.3, 0.4) is 0 Å². The van der Waals surface area contributed by atoms with Crippen molar-refractivity contribution in [3.8, 4) is 11.5 Å². The molecule has 1 N–H and O–H groups in total. The van der Waals surface area contributed by atoms with Crippen molar-refractivity contribution in [1.29, 1.82) is 0 Å². The summed E-state index contributed by atoms with van der Waals surface area (Å²) in [5.74, 6) is 2.13. The molecular weight excluding hydrogens is 242 g/mol. The molecule has 106 valence electrons. The van der Waals surface area contributed by atoms with Crippen LogP contribution in [0, 0.1) is 5.92 Å². The van der Waals surface area contributed by atoms with Crippen LogP contribution >= 0.6 is 0 Å². The van der Waals surface area contributed by atoms with Crippen molar-refractivity contribution in [1.82, 2.24) is 0 Å². The highest BCUT2D eigenvalue weighted by Gasteiger charge is 2.22. The monoisotopic (exact) mass is 265 g/mol. The van der Waals surface area contributed by atoms with Gasteiger partial charge in [0.2, 0.25) is 0 Å². The van der Waals surface area contributed by atoms with Gasteiger partial charge in [0.1, 0.15) is 0 Å². The molecule has 0 aromatic heterocycles. The fourth-order valence-electron chi connectivity index (χ4n) is 2.36. The molecule has 1 heterocycles. The van der Waals surface area contributed by atoms with Crippen LogP contribution in [0.2, 0.25) is 0 Å². The van der Waals surface area contributed by atoms with Crippen LogP contribution in [0.25, 0.3) is 0 Å². The number of methoxy groups -OCH3 is 1. The highest BCUT2D eigenvalue weighted by Crippen LogP contribution is 2.31. The van der Waals surface area contributed by atoms with Crippen molar-refractivity contribution in [2.75, 3.05) is 32.2 Å². The van der Waals surface area contributed by atoms with Gasteiger partial charge in [0.25, 0.3) is 0 Å². The van der Waals surface area contributed by atoms with E-state index in [1.807, 2.05) is 25.1 Å². The molecule has 1 fully saturated rings. The van der Waals surface area contributed by atoms with E-state index < -0.39 is 0 Å². The van der Waals surface area contributed by atoms with E-state index >= 15 is 0 Å². The Hall–Kier alpha value is -1.42. The van der Waals surface area contributed by atoms with Crippen LogP contribution in [0.15, 0.2) is 18.2 Å². The molecule has 2 atom stereocenters. The minimum atomic E-state index is 0.394. The zero-order valence-electron chi connectivity index (χ0n) is 11.9. The third-order valence-electron chi connectivity index (χ3n) is 3.53. The van der Waals surface area contributed by atoms with Crippen molar-refractivity contribution < 1.29 is 14.2 Å². The molecule has 0 amide bonds. The van der Waals surface area contributed by atoms with E-state index in [9.17, 15) is 0 Å². The van der Waals surface area contributed by atoms with Crippen molar-refractivity contribution in [3.63, 3.8) is 0 Å². The number of rotatable bonds is 6. The Morgan fingerprint density at radius 1 is 1.42 bits per heavy atom. The highest BCUT2D eigenvalue weighted by atomic mass is 16.5. The Kier molecular flexibility index (Phi) is 4.91. The normalized spacial score (nSPS) is 20.1. The van der Waals surface area contributed by atoms with Gasteiger partial charge in [-0.15, -0.1) is 0 Å². The summed E-state index contributed by atoms with van der Waals surface area (Å²) >= 11 is 0. The SMILES string of the molecule is CCOc1cc(NC(C)C2CCOC2)ccc1OC. The van der Waals surface area contributed by atoms with Gasteiger partial charge in [-0.3, -0.25) is 0 Å². The minimum Gasteiger partial charge on any atom is -0.493 e. The van der Waals surface area contributed by atoms with Gasteiger partial charge in [-0.2, -0.15) is 0 Å². The number of ether oxygens (including phenoxy) is 3. The second kappa shape index (κ2) is 6.66. The number of hydrogen-bond acceptors (Lipinski definition) is 4. The molecule has 2 rings (SSSR count). The maximum atomic E-state index is 5.59. The second-order valence-electron chi connectivity index (χ2n) is 4.86. The lowest BCUT2D eigenvalue weighted by Gasteiger charge is -2.21. The highest BCUT2D eigenvalue weighted by molar-refractivity contribution is 5.55. The molecule has 0 saturated carbocycles. The van der Waals surface area contributed by atoms with Gasteiger partial charge in [0.05, 0.1) is 20.3 Å². The lowest BCUT2D eigenvalue weighted by Crippen LogP contribution is -2.26. The van der Waals surface area contributed by atoms with Gasteiger partial charge < -0.3 is 19.5 Å². The average molecular weight is 265 g/mol. The third-order valence-corrected chi connectivity index (χ3v) is 3.53. The number of nitrogens with one attached hydrogen (secondary N) is 1. The first kappa shape index (κ1) is 14.0. The van der Waals surface area contributed by atoms with E-state index in [1.54, 1.807) is 7.11 Å². The molecule has 0 aliphatic carbocycles. The lowest BCUT2D eigenvalue weighted by molar-refractivity contribution is 0.183. The Labute approximate surface area is 115 Å². The van der Waals surface area contributed by atoms with E-state index in [4.69, 9.17) is 14.2 Å². The molecule has 0 bridgehead atoms. The lowest BCUT2D eigenvalue weighted by atomic mass is 10.0. The third kappa shape index (κ3) is 3.53. The zero-order valence-corrected chi connectivity index (χ0v) is 11.9. The smallest absolute Gasteiger partial charge is 0.163 e. The van der Waals surface area contributed by atoms with Crippen molar-refractivity contribution in [2.24, 2.45) is 5.92 Å². The molecule has 1 aromatic carbocycles. The molecule has 19 heavy (non-hydrogen) atoms. The van der Waals surface area contributed by atoms with Gasteiger partial charge in [0, 0.05) is 30.3 Å². The number of hydrogen-bond donors (Lipinski definition) is 1. The Balaban J connectivity index is 2.04. The van der Waals surface area contributed by atoms with Gasteiger partial charge in [-0.05, 0) is 32.4 Å². The number of anilines is 1. The van der Waals surface area contributed by atoms with Gasteiger partial charge >= 0.3 is 0 Å². The van der Waals surface area contributed by atoms with Crippen molar-refractivity contribution >= 4 is 5.69 Å². The first-order valence-electron chi connectivity index (χ1n) is 6.89. The second-order valence-corrected chi connectivity index (χ2v) is 4.86. The first-order chi connectivity index (χ1) is 9.24. The first-order valence-corrected chi connectivity index (χ1v) is 6.89. The minimum absolute atomic E-state index is 0.394. The van der Waals surface area contributed by atoms with E-state index in [0.717, 1.165) is 36.8 Å². The molecule has 1 aliphatic rings. The quantitative estimate of drug-likeness (QED) is 0.858. The maximum Gasteiger partial charge on any atom is 0.163 e. The summed E-state index contributed by atoms with van der Waals surface area (Å²) in [5, 5.41) is 3.52. The predicted molar refractivity (Wildman–Crippen MR) is 76.2 cm³/mol. The summed E-state index contributed by atoms with van der Waals surface area (Å²) in [5.41, 5.74) is 1.06. The fourth-order valence-corrected chi connectivity index (χ4v) is 2.36. The van der Waals surface area contributed by atoms with Gasteiger partial charge in [-0.25, -0.2) is 0 Å². The standard InChI is InChI=1S/C15H23NO3/c1-4-19-15-9-13(5-6-14(15)17-3)16-11(2)12-7-8-18-10-12/h5-6,9,11-12,16H,4,7-8,10H2,1-3H3. The van der Waals surface area contributed by atoms with Crippen molar-refractivity contribution in [2.45, 2.75) is 26.3 Å². The van der Waals surface area contributed by atoms with E-state index in [1.165, 1.54) is 0 Å². The molecule has 0 radical (unpaired) electrons. The van der Waals surface area contributed by atoms with Crippen LogP contribution in [0.4, 0.5) is 5.69 Å². The van der Waals surface area contributed by atoms with Crippen LogP contribution in [0.5, 0.6) is 11.5 Å². The Bertz CT molecular complexity index is 402. The molecule has 1 aliphatic heterocycles. The van der Waals surface area contributed by atoms with E-state index in [0.29, 0.717) is 18.6 Å². The summed E-state index contributed by atoms with van der Waals surface area (Å²) in [7, 11) is 1.66. The van der Waals surface area contributed by atoms with Crippen LogP contribution in [0.1, 0.15) is 20.3 Å². The largest absolute Gasteiger partial charge is 0.493 e. The van der Waals surface area contributed by atoms with Gasteiger partial charge in [-0.1, -0.05) is 0 Å². The van der Waals surface area contributed by atoms with Crippen LogP contribution < -0.4 is 14.8 Å².